The molecule has 35 heavy (non-hydrogen) atoms. The van der Waals surface area contributed by atoms with Crippen LogP contribution in [0, 0.1) is 13.5 Å². The van der Waals surface area contributed by atoms with Gasteiger partial charge in [0.15, 0.2) is 5.69 Å². The van der Waals surface area contributed by atoms with Gasteiger partial charge in [0.2, 0.25) is 0 Å². The first-order valence-corrected chi connectivity index (χ1v) is 10.4. The first kappa shape index (κ1) is 23.6. The number of benzene rings is 2. The van der Waals surface area contributed by atoms with Crippen molar-refractivity contribution in [3.63, 3.8) is 0 Å². The lowest BCUT2D eigenvalue weighted by molar-refractivity contribution is -0.137. The van der Waals surface area contributed by atoms with Crippen LogP contribution in [0.5, 0.6) is 0 Å². The molecule has 0 spiro atoms. The Balaban J connectivity index is 1.98. The first-order valence-electron chi connectivity index (χ1n) is 10.4. The smallest absolute Gasteiger partial charge is 0.422 e. The molecule has 0 amide bonds. The van der Waals surface area contributed by atoms with E-state index in [1.54, 1.807) is 37.3 Å². The largest absolute Gasteiger partial charge is 0.449 e. The third kappa shape index (κ3) is 4.21. The van der Waals surface area contributed by atoms with Crippen LogP contribution in [0.4, 0.5) is 23.7 Å². The molecule has 0 radical (unpaired) electrons. The number of halogens is 3. The van der Waals surface area contributed by atoms with Gasteiger partial charge in [-0.3, -0.25) is 4.57 Å². The zero-order valence-corrected chi connectivity index (χ0v) is 18.6. The van der Waals surface area contributed by atoms with E-state index in [4.69, 9.17) is 11.3 Å². The predicted molar refractivity (Wildman–Crippen MR) is 121 cm³/mol. The van der Waals surface area contributed by atoms with E-state index in [9.17, 15) is 22.8 Å². The van der Waals surface area contributed by atoms with Crippen molar-refractivity contribution in [2.24, 2.45) is 0 Å². The van der Waals surface area contributed by atoms with E-state index >= 15 is 0 Å². The standard InChI is InChI=1S/C24H18F3N5O3/c1-4-35-23(34)31-21(20-12-13-29-32(20)18-10-8-17(28-3)9-11-18)15(2)30(22(31)33)19-7-5-6-16(14-19)24(25,26)27/h5-14H,4H2,1-2H3. The molecule has 178 valence electrons. The van der Waals surface area contributed by atoms with Gasteiger partial charge in [0.1, 0.15) is 5.69 Å². The number of hydrogen-bond donors (Lipinski definition) is 0. The van der Waals surface area contributed by atoms with E-state index in [2.05, 4.69) is 9.94 Å². The molecule has 0 saturated carbocycles. The van der Waals surface area contributed by atoms with Gasteiger partial charge in [-0.1, -0.05) is 18.2 Å². The molecular weight excluding hydrogens is 463 g/mol. The molecule has 8 nitrogen and oxygen atoms in total. The van der Waals surface area contributed by atoms with Crippen LogP contribution in [-0.2, 0) is 10.9 Å². The summed E-state index contributed by atoms with van der Waals surface area (Å²) in [5.41, 5.74) is -0.264. The second-order valence-electron chi connectivity index (χ2n) is 7.39. The molecule has 0 aliphatic rings. The van der Waals surface area contributed by atoms with E-state index in [0.29, 0.717) is 17.1 Å². The van der Waals surface area contributed by atoms with Gasteiger partial charge < -0.3 is 4.74 Å². The minimum Gasteiger partial charge on any atom is -0.449 e. The van der Waals surface area contributed by atoms with E-state index < -0.39 is 23.5 Å². The monoisotopic (exact) mass is 481 g/mol. The molecule has 2 aromatic heterocycles. The van der Waals surface area contributed by atoms with Crippen LogP contribution in [-0.4, -0.2) is 31.6 Å². The maximum absolute atomic E-state index is 13.4. The number of carbonyl (C=O) groups is 1. The number of ether oxygens (including phenoxy) is 1. The van der Waals surface area contributed by atoms with Crippen molar-refractivity contribution < 1.29 is 22.7 Å². The number of alkyl halides is 3. The molecule has 0 aliphatic carbocycles. The third-order valence-corrected chi connectivity index (χ3v) is 5.28. The summed E-state index contributed by atoms with van der Waals surface area (Å²) < 4.78 is 48.3. The average molecular weight is 481 g/mol. The topological polar surface area (TPSA) is 75.4 Å². The minimum atomic E-state index is -4.61. The predicted octanol–water partition coefficient (Wildman–Crippen LogP) is 5.37. The van der Waals surface area contributed by atoms with E-state index in [1.165, 1.54) is 29.9 Å². The molecule has 0 fully saturated rings. The van der Waals surface area contributed by atoms with Gasteiger partial charge in [-0.05, 0) is 50.2 Å². The average Bonchev–Trinajstić information content (AvgIpc) is 3.40. The fourth-order valence-electron chi connectivity index (χ4n) is 3.75. The lowest BCUT2D eigenvalue weighted by atomic mass is 10.2. The fraction of sp³-hybridized carbons (Fsp3) is 0.167. The van der Waals surface area contributed by atoms with Gasteiger partial charge in [-0.2, -0.15) is 22.8 Å². The van der Waals surface area contributed by atoms with Crippen LogP contribution in [0.15, 0.2) is 65.6 Å². The summed E-state index contributed by atoms with van der Waals surface area (Å²) in [7, 11) is 0. The molecule has 0 unspecified atom stereocenters. The Labute approximate surface area is 197 Å². The molecular formula is C24H18F3N5O3. The highest BCUT2D eigenvalue weighted by Gasteiger charge is 2.32. The van der Waals surface area contributed by atoms with Crippen molar-refractivity contribution in [1.29, 1.82) is 0 Å². The van der Waals surface area contributed by atoms with Crippen molar-refractivity contribution in [1.82, 2.24) is 18.9 Å². The van der Waals surface area contributed by atoms with Crippen LogP contribution in [0.3, 0.4) is 0 Å². The van der Waals surface area contributed by atoms with Gasteiger partial charge in [0, 0.05) is 0 Å². The molecule has 0 saturated heterocycles. The molecule has 0 aliphatic heterocycles. The minimum absolute atomic E-state index is 0.0180. The number of carbonyl (C=O) groups excluding carboxylic acids is 1. The van der Waals surface area contributed by atoms with E-state index in [1.807, 2.05) is 0 Å². The van der Waals surface area contributed by atoms with Crippen molar-refractivity contribution in [3.05, 3.63) is 94.0 Å². The lowest BCUT2D eigenvalue weighted by Gasteiger charge is -2.11. The van der Waals surface area contributed by atoms with Gasteiger partial charge >= 0.3 is 18.0 Å². The highest BCUT2D eigenvalue weighted by Crippen LogP contribution is 2.32. The zero-order chi connectivity index (χ0) is 25.3. The van der Waals surface area contributed by atoms with Crippen molar-refractivity contribution >= 4 is 11.8 Å². The van der Waals surface area contributed by atoms with Gasteiger partial charge in [-0.25, -0.2) is 19.1 Å². The third-order valence-electron chi connectivity index (χ3n) is 5.28. The summed E-state index contributed by atoms with van der Waals surface area (Å²) >= 11 is 0. The van der Waals surface area contributed by atoms with Crippen molar-refractivity contribution in [2.75, 3.05) is 6.61 Å². The Morgan fingerprint density at radius 2 is 1.83 bits per heavy atom. The summed E-state index contributed by atoms with van der Waals surface area (Å²) in [6, 6.07) is 12.3. The summed E-state index contributed by atoms with van der Waals surface area (Å²) in [4.78, 5) is 29.6. The molecule has 0 atom stereocenters. The van der Waals surface area contributed by atoms with Gasteiger partial charge in [-0.15, -0.1) is 0 Å². The SMILES string of the molecule is [C-]#[N+]c1ccc(-n2nccc2-c2c(C)n(-c3cccc(C(F)(F)F)c3)c(=O)n2C(=O)OCC)cc1. The lowest BCUT2D eigenvalue weighted by Crippen LogP contribution is -2.30. The Hall–Kier alpha value is -4.59. The number of rotatable bonds is 4. The van der Waals surface area contributed by atoms with Crippen LogP contribution in [0.1, 0.15) is 18.2 Å². The van der Waals surface area contributed by atoms with Gasteiger partial charge in [0.05, 0.1) is 47.7 Å². The highest BCUT2D eigenvalue weighted by atomic mass is 19.4. The second kappa shape index (κ2) is 8.98. The van der Waals surface area contributed by atoms with Crippen molar-refractivity contribution in [2.45, 2.75) is 20.0 Å². The molecule has 11 heteroatoms. The molecule has 4 aromatic rings. The first-order chi connectivity index (χ1) is 16.7. The Morgan fingerprint density at radius 1 is 1.11 bits per heavy atom. The van der Waals surface area contributed by atoms with Crippen LogP contribution in [0.25, 0.3) is 27.6 Å². The Kier molecular flexibility index (Phi) is 6.05. The number of imidazole rings is 1. The normalized spacial score (nSPS) is 11.3. The number of hydrogen-bond acceptors (Lipinski definition) is 4. The van der Waals surface area contributed by atoms with Crippen LogP contribution < -0.4 is 5.69 Å². The van der Waals surface area contributed by atoms with Crippen LogP contribution >= 0.6 is 0 Å². The zero-order valence-electron chi connectivity index (χ0n) is 18.6. The molecule has 0 bridgehead atoms. The Morgan fingerprint density at radius 3 is 2.46 bits per heavy atom. The summed E-state index contributed by atoms with van der Waals surface area (Å²) in [6.45, 7) is 10.2. The summed E-state index contributed by atoms with van der Waals surface area (Å²) in [5, 5.41) is 4.28. The quantitative estimate of drug-likeness (QED) is 0.367. The van der Waals surface area contributed by atoms with Gasteiger partial charge in [0.25, 0.3) is 0 Å². The fourth-order valence-corrected chi connectivity index (χ4v) is 3.75. The molecule has 4 rings (SSSR count). The highest BCUT2D eigenvalue weighted by molar-refractivity contribution is 5.79. The maximum Gasteiger partial charge on any atom is 0.422 e. The van der Waals surface area contributed by atoms with Crippen molar-refractivity contribution in [3.8, 4) is 22.8 Å². The maximum atomic E-state index is 13.4. The number of nitrogens with zero attached hydrogens (tertiary/aromatic N) is 5. The molecule has 2 heterocycles. The molecule has 2 aromatic carbocycles. The van der Waals surface area contributed by atoms with E-state index in [-0.39, 0.29) is 23.7 Å². The second-order valence-corrected chi connectivity index (χ2v) is 7.39. The Bertz CT molecular complexity index is 1510. The summed E-state index contributed by atoms with van der Waals surface area (Å²) in [6.07, 6.45) is -4.13. The van der Waals surface area contributed by atoms with Crippen LogP contribution in [0.2, 0.25) is 0 Å². The molecule has 0 N–H and O–H groups in total. The number of aromatic nitrogens is 4. The summed E-state index contributed by atoms with van der Waals surface area (Å²) in [5.74, 6) is 0. The van der Waals surface area contributed by atoms with E-state index in [0.717, 1.165) is 21.3 Å².